The summed E-state index contributed by atoms with van der Waals surface area (Å²) in [5, 5.41) is 6.89. The van der Waals surface area contributed by atoms with Gasteiger partial charge in [-0.1, -0.05) is 44.2 Å². The number of ether oxygens (including phenoxy) is 1. The summed E-state index contributed by atoms with van der Waals surface area (Å²) in [7, 11) is 0. The van der Waals surface area contributed by atoms with Gasteiger partial charge in [0, 0.05) is 0 Å². The first-order chi connectivity index (χ1) is 8.55. The zero-order valence-corrected chi connectivity index (χ0v) is 10.8. The van der Waals surface area contributed by atoms with Crippen molar-refractivity contribution in [3.05, 3.63) is 35.9 Å². The maximum atomic E-state index is 9.76. The molecule has 1 aliphatic carbocycles. The van der Waals surface area contributed by atoms with E-state index < -0.39 is 0 Å². The van der Waals surface area contributed by atoms with Crippen molar-refractivity contribution in [2.24, 2.45) is 5.41 Å². The van der Waals surface area contributed by atoms with Crippen LogP contribution in [-0.4, -0.2) is 18.1 Å². The van der Waals surface area contributed by atoms with Crippen LogP contribution in [0.25, 0.3) is 0 Å². The van der Waals surface area contributed by atoms with E-state index in [-0.39, 0.29) is 6.47 Å². The lowest BCUT2D eigenvalue weighted by Crippen LogP contribution is -1.88. The van der Waals surface area contributed by atoms with Crippen molar-refractivity contribution in [3.8, 4) is 0 Å². The summed E-state index contributed by atoms with van der Waals surface area (Å²) in [6, 6.07) is 9.55. The lowest BCUT2D eigenvalue weighted by Gasteiger charge is -1.95. The van der Waals surface area contributed by atoms with Crippen LogP contribution < -0.4 is 0 Å². The van der Waals surface area contributed by atoms with Gasteiger partial charge in [0.2, 0.25) is 0 Å². The summed E-state index contributed by atoms with van der Waals surface area (Å²) in [4.78, 5) is 18.1. The van der Waals surface area contributed by atoms with Gasteiger partial charge in [-0.2, -0.15) is 0 Å². The van der Waals surface area contributed by atoms with Gasteiger partial charge < -0.3 is 9.84 Å². The highest BCUT2D eigenvalue weighted by molar-refractivity contribution is 5.37. The largest absolute Gasteiger partial charge is 0.483 e. The Morgan fingerprint density at radius 1 is 1.22 bits per heavy atom. The van der Waals surface area contributed by atoms with Gasteiger partial charge in [-0.15, -0.1) is 0 Å². The van der Waals surface area contributed by atoms with E-state index in [1.165, 1.54) is 12.8 Å². The highest BCUT2D eigenvalue weighted by Gasteiger charge is 2.30. The first-order valence-corrected chi connectivity index (χ1v) is 5.73. The van der Waals surface area contributed by atoms with Gasteiger partial charge in [0.15, 0.2) is 0 Å². The SMILES string of the molecule is CC1(C)CC1.O=CO.O=COCc1ccccc1. The third-order valence-corrected chi connectivity index (χ3v) is 2.41. The molecule has 0 amide bonds. The van der Waals surface area contributed by atoms with Crippen molar-refractivity contribution >= 4 is 12.9 Å². The van der Waals surface area contributed by atoms with Crippen LogP contribution in [0.1, 0.15) is 32.3 Å². The van der Waals surface area contributed by atoms with Crippen LogP contribution in [0.15, 0.2) is 30.3 Å². The van der Waals surface area contributed by atoms with Crippen LogP contribution in [0.3, 0.4) is 0 Å². The van der Waals surface area contributed by atoms with E-state index in [2.05, 4.69) is 18.6 Å². The van der Waals surface area contributed by atoms with Gasteiger partial charge in [-0.3, -0.25) is 9.59 Å². The minimum Gasteiger partial charge on any atom is -0.483 e. The first kappa shape index (κ1) is 16.2. The molecule has 4 heteroatoms. The zero-order valence-electron chi connectivity index (χ0n) is 10.8. The summed E-state index contributed by atoms with van der Waals surface area (Å²) in [5.74, 6) is 0. The van der Waals surface area contributed by atoms with Gasteiger partial charge in [-0.05, 0) is 23.8 Å². The molecule has 1 aromatic carbocycles. The van der Waals surface area contributed by atoms with E-state index in [0.717, 1.165) is 11.0 Å². The fourth-order valence-corrected chi connectivity index (χ4v) is 0.954. The summed E-state index contributed by atoms with van der Waals surface area (Å²) >= 11 is 0. The van der Waals surface area contributed by atoms with Crippen LogP contribution in [0.4, 0.5) is 0 Å². The van der Waals surface area contributed by atoms with E-state index in [9.17, 15) is 4.79 Å². The molecule has 0 unspecified atom stereocenters. The fraction of sp³-hybridized carbons (Fsp3) is 0.429. The quantitative estimate of drug-likeness (QED) is 0.840. The van der Waals surface area contributed by atoms with E-state index >= 15 is 0 Å². The Morgan fingerprint density at radius 3 is 2.00 bits per heavy atom. The van der Waals surface area contributed by atoms with Crippen LogP contribution >= 0.6 is 0 Å². The molecule has 0 saturated heterocycles. The molecule has 0 aromatic heterocycles. The normalized spacial score (nSPS) is 13.9. The lowest BCUT2D eigenvalue weighted by atomic mass is 10.2. The monoisotopic (exact) mass is 252 g/mol. The third kappa shape index (κ3) is 10.7. The third-order valence-electron chi connectivity index (χ3n) is 2.41. The number of benzene rings is 1. The second-order valence-corrected chi connectivity index (χ2v) is 4.66. The van der Waals surface area contributed by atoms with Gasteiger partial charge in [-0.25, -0.2) is 0 Å². The molecule has 1 fully saturated rings. The Morgan fingerprint density at radius 2 is 1.67 bits per heavy atom. The van der Waals surface area contributed by atoms with E-state index in [1.54, 1.807) is 0 Å². The maximum absolute atomic E-state index is 9.76. The van der Waals surface area contributed by atoms with E-state index in [4.69, 9.17) is 9.90 Å². The molecule has 0 heterocycles. The number of carbonyl (C=O) groups is 2. The highest BCUT2D eigenvalue weighted by Crippen LogP contribution is 2.43. The molecule has 0 spiro atoms. The van der Waals surface area contributed by atoms with Crippen molar-refractivity contribution in [1.82, 2.24) is 0 Å². The van der Waals surface area contributed by atoms with Crippen molar-refractivity contribution in [3.63, 3.8) is 0 Å². The summed E-state index contributed by atoms with van der Waals surface area (Å²) in [5.41, 5.74) is 1.76. The smallest absolute Gasteiger partial charge is 0.293 e. The molecule has 4 nitrogen and oxygen atoms in total. The molecule has 100 valence electrons. The van der Waals surface area contributed by atoms with E-state index in [1.807, 2.05) is 30.3 Å². The van der Waals surface area contributed by atoms with E-state index in [0.29, 0.717) is 13.1 Å². The second-order valence-electron chi connectivity index (χ2n) is 4.66. The van der Waals surface area contributed by atoms with Gasteiger partial charge in [0.05, 0.1) is 0 Å². The average molecular weight is 252 g/mol. The molecule has 2 rings (SSSR count). The second kappa shape index (κ2) is 9.22. The Kier molecular flexibility index (Phi) is 8.27. The molecule has 0 atom stereocenters. The Bertz CT molecular complexity index is 327. The number of carbonyl (C=O) groups excluding carboxylic acids is 1. The molecule has 0 bridgehead atoms. The van der Waals surface area contributed by atoms with Crippen molar-refractivity contribution < 1.29 is 19.4 Å². The maximum Gasteiger partial charge on any atom is 0.293 e. The van der Waals surface area contributed by atoms with Crippen molar-refractivity contribution in [2.45, 2.75) is 33.3 Å². The standard InChI is InChI=1S/C8H8O2.C5H10.CH2O2/c9-7-10-6-8-4-2-1-3-5-8;1-5(2)3-4-5;2-1-3/h1-5,7H,6H2;3-4H2,1-2H3;1H,(H,2,3). The minimum atomic E-state index is -0.250. The molecule has 0 aliphatic heterocycles. The fourth-order valence-electron chi connectivity index (χ4n) is 0.954. The molecular formula is C14H20O4. The minimum absolute atomic E-state index is 0.250. The Balaban J connectivity index is 0.000000301. The van der Waals surface area contributed by atoms with Gasteiger partial charge in [0.1, 0.15) is 6.61 Å². The number of hydrogen-bond donors (Lipinski definition) is 1. The molecule has 1 saturated carbocycles. The van der Waals surface area contributed by atoms with Crippen LogP contribution in [-0.2, 0) is 20.9 Å². The van der Waals surface area contributed by atoms with Crippen molar-refractivity contribution in [2.75, 3.05) is 0 Å². The summed E-state index contributed by atoms with van der Waals surface area (Å²) < 4.78 is 4.54. The molecular weight excluding hydrogens is 232 g/mol. The zero-order chi connectivity index (χ0) is 13.9. The Hall–Kier alpha value is -1.84. The lowest BCUT2D eigenvalue weighted by molar-refractivity contribution is -0.129. The number of carboxylic acid groups (broad SMARTS) is 1. The van der Waals surface area contributed by atoms with Gasteiger partial charge >= 0.3 is 0 Å². The number of hydrogen-bond acceptors (Lipinski definition) is 3. The Labute approximate surface area is 108 Å². The average Bonchev–Trinajstić information content (AvgIpc) is 3.05. The van der Waals surface area contributed by atoms with Crippen LogP contribution in [0.5, 0.6) is 0 Å². The topological polar surface area (TPSA) is 63.6 Å². The predicted octanol–water partition coefficient (Wildman–Crippen LogP) is 2.87. The van der Waals surface area contributed by atoms with Gasteiger partial charge in [0.25, 0.3) is 12.9 Å². The van der Waals surface area contributed by atoms with Crippen LogP contribution in [0, 0.1) is 5.41 Å². The highest BCUT2D eigenvalue weighted by atomic mass is 16.5. The first-order valence-electron chi connectivity index (χ1n) is 5.73. The summed E-state index contributed by atoms with van der Waals surface area (Å²) in [6.07, 6.45) is 2.90. The molecule has 1 aromatic rings. The molecule has 1 N–H and O–H groups in total. The molecule has 18 heavy (non-hydrogen) atoms. The van der Waals surface area contributed by atoms with Crippen molar-refractivity contribution in [1.29, 1.82) is 0 Å². The number of rotatable bonds is 3. The van der Waals surface area contributed by atoms with Crippen LogP contribution in [0.2, 0.25) is 0 Å². The molecule has 1 aliphatic rings. The molecule has 0 radical (unpaired) electrons. The summed E-state index contributed by atoms with van der Waals surface area (Å²) in [6.45, 7) is 5.16. The predicted molar refractivity (Wildman–Crippen MR) is 69.0 cm³/mol.